The van der Waals surface area contributed by atoms with Crippen molar-refractivity contribution in [1.82, 2.24) is 0 Å². The van der Waals surface area contributed by atoms with Gasteiger partial charge in [-0.15, -0.1) is 0 Å². The van der Waals surface area contributed by atoms with E-state index in [0.29, 0.717) is 0 Å². The number of rotatable bonds is 2. The molecular formula is C7H9O2. The van der Waals surface area contributed by atoms with E-state index < -0.39 is 0 Å². The number of hydrogen-bond donors (Lipinski definition) is 2. The molecule has 2 heteroatoms. The first-order chi connectivity index (χ1) is 4.36. The predicted molar refractivity (Wildman–Crippen MR) is 33.6 cm³/mol. The summed E-state index contributed by atoms with van der Waals surface area (Å²) in [5.41, 5.74) is 0. The molecule has 9 heavy (non-hydrogen) atoms. The predicted octanol–water partition coefficient (Wildman–Crippen LogP) is -0.254. The van der Waals surface area contributed by atoms with E-state index in [-0.39, 0.29) is 13.2 Å². The Labute approximate surface area is 55.5 Å². The SMILES string of the molecule is OC[C]1[CH][CH][C](CO)[CH]1. The molecule has 1 aliphatic rings. The summed E-state index contributed by atoms with van der Waals surface area (Å²) >= 11 is 0. The van der Waals surface area contributed by atoms with Crippen LogP contribution in [0.4, 0.5) is 0 Å². The first-order valence-corrected chi connectivity index (χ1v) is 2.83. The standard InChI is InChI=1S/C7H9O2/c8-4-6-1-2-7(3-6)5-9/h1-3,8-9H,4-5H2. The molecule has 0 bridgehead atoms. The maximum atomic E-state index is 8.56. The van der Waals surface area contributed by atoms with Crippen LogP contribution >= 0.6 is 0 Å². The molecule has 1 aliphatic carbocycles. The Morgan fingerprint density at radius 1 is 1.00 bits per heavy atom. The van der Waals surface area contributed by atoms with Crippen LogP contribution in [0.1, 0.15) is 0 Å². The zero-order valence-electron chi connectivity index (χ0n) is 5.04. The molecule has 0 atom stereocenters. The van der Waals surface area contributed by atoms with Crippen molar-refractivity contribution in [3.05, 3.63) is 31.1 Å². The van der Waals surface area contributed by atoms with Gasteiger partial charge >= 0.3 is 0 Å². The highest BCUT2D eigenvalue weighted by atomic mass is 16.3. The highest BCUT2D eigenvalue weighted by Gasteiger charge is 2.24. The highest BCUT2D eigenvalue weighted by molar-refractivity contribution is 5.42. The van der Waals surface area contributed by atoms with Gasteiger partial charge in [-0.3, -0.25) is 0 Å². The lowest BCUT2D eigenvalue weighted by molar-refractivity contribution is 0.310. The smallest absolute Gasteiger partial charge is 0.0499 e. The number of hydrogen-bond acceptors (Lipinski definition) is 2. The molecule has 2 nitrogen and oxygen atoms in total. The maximum absolute atomic E-state index is 8.56. The summed E-state index contributed by atoms with van der Waals surface area (Å²) in [6, 6.07) is 0. The van der Waals surface area contributed by atoms with Crippen molar-refractivity contribution in [3.63, 3.8) is 0 Å². The second-order valence-electron chi connectivity index (χ2n) is 1.94. The largest absolute Gasteiger partial charge is 0.396 e. The van der Waals surface area contributed by atoms with Gasteiger partial charge in [-0.25, -0.2) is 0 Å². The zero-order chi connectivity index (χ0) is 6.69. The van der Waals surface area contributed by atoms with E-state index >= 15 is 0 Å². The van der Waals surface area contributed by atoms with Crippen molar-refractivity contribution in [3.8, 4) is 0 Å². The average molecular weight is 125 g/mol. The summed E-state index contributed by atoms with van der Waals surface area (Å²) in [5, 5.41) is 17.1. The van der Waals surface area contributed by atoms with Crippen LogP contribution in [-0.4, -0.2) is 23.4 Å². The van der Waals surface area contributed by atoms with Gasteiger partial charge in [0.15, 0.2) is 0 Å². The van der Waals surface area contributed by atoms with Gasteiger partial charge in [0.05, 0.1) is 0 Å². The third kappa shape index (κ3) is 1.66. The van der Waals surface area contributed by atoms with Crippen LogP contribution in [0.3, 0.4) is 0 Å². The van der Waals surface area contributed by atoms with Gasteiger partial charge in [0.2, 0.25) is 0 Å². The molecule has 0 aromatic rings. The Bertz CT molecular complexity index is 73.0. The molecule has 2 N–H and O–H groups in total. The van der Waals surface area contributed by atoms with Crippen molar-refractivity contribution >= 4 is 0 Å². The molecule has 1 saturated carbocycles. The van der Waals surface area contributed by atoms with Crippen LogP contribution in [-0.2, 0) is 0 Å². The van der Waals surface area contributed by atoms with Crippen LogP contribution in [0.15, 0.2) is 0 Å². The van der Waals surface area contributed by atoms with Crippen LogP contribution in [0.5, 0.6) is 0 Å². The summed E-state index contributed by atoms with van der Waals surface area (Å²) in [4.78, 5) is 0. The second kappa shape index (κ2) is 3.18. The third-order valence-electron chi connectivity index (χ3n) is 1.25. The normalized spacial score (nSPS) is 23.3. The molecule has 0 spiro atoms. The average Bonchev–Trinajstić information content (AvgIpc) is 2.34. The molecule has 0 aromatic heterocycles. The summed E-state index contributed by atoms with van der Waals surface area (Å²) in [5.74, 6) is 1.72. The fraction of sp³-hybridized carbons (Fsp3) is 0.286. The number of aliphatic hydroxyl groups is 2. The fourth-order valence-corrected chi connectivity index (χ4v) is 0.745. The van der Waals surface area contributed by atoms with Gasteiger partial charge in [-0.2, -0.15) is 0 Å². The molecule has 1 rings (SSSR count). The van der Waals surface area contributed by atoms with Gasteiger partial charge in [0, 0.05) is 25.0 Å². The zero-order valence-corrected chi connectivity index (χ0v) is 5.04. The van der Waals surface area contributed by atoms with Gasteiger partial charge < -0.3 is 10.2 Å². The number of aliphatic hydroxyl groups excluding tert-OH is 2. The Kier molecular flexibility index (Phi) is 2.49. The van der Waals surface area contributed by atoms with Gasteiger partial charge in [0.1, 0.15) is 0 Å². The molecule has 1 fully saturated rings. The summed E-state index contributed by atoms with van der Waals surface area (Å²) in [6.45, 7) is 0.111. The van der Waals surface area contributed by atoms with E-state index in [1.807, 2.05) is 0 Å². The van der Waals surface area contributed by atoms with E-state index in [4.69, 9.17) is 10.2 Å². The van der Waals surface area contributed by atoms with E-state index in [1.54, 1.807) is 19.3 Å². The minimum atomic E-state index is 0.0556. The monoisotopic (exact) mass is 125 g/mol. The Balaban J connectivity index is 2.20. The van der Waals surface area contributed by atoms with E-state index in [1.165, 1.54) is 0 Å². The van der Waals surface area contributed by atoms with Crippen molar-refractivity contribution in [2.75, 3.05) is 13.2 Å². The Morgan fingerprint density at radius 2 is 1.44 bits per heavy atom. The lowest BCUT2D eigenvalue weighted by atomic mass is 10.1. The fourth-order valence-electron chi connectivity index (χ4n) is 0.745. The third-order valence-corrected chi connectivity index (χ3v) is 1.25. The summed E-state index contributed by atoms with van der Waals surface area (Å²) in [6.07, 6.45) is 5.37. The maximum Gasteiger partial charge on any atom is 0.0499 e. The minimum Gasteiger partial charge on any atom is -0.396 e. The topological polar surface area (TPSA) is 40.5 Å². The minimum absolute atomic E-state index is 0.0556. The molecule has 0 aromatic carbocycles. The highest BCUT2D eigenvalue weighted by Crippen LogP contribution is 2.29. The molecule has 0 amide bonds. The van der Waals surface area contributed by atoms with Crippen molar-refractivity contribution in [2.24, 2.45) is 0 Å². The molecular weight excluding hydrogens is 116 g/mol. The van der Waals surface area contributed by atoms with Crippen molar-refractivity contribution in [2.45, 2.75) is 0 Å². The molecule has 0 heterocycles. The van der Waals surface area contributed by atoms with E-state index in [9.17, 15) is 0 Å². The van der Waals surface area contributed by atoms with Crippen LogP contribution < -0.4 is 0 Å². The second-order valence-corrected chi connectivity index (χ2v) is 1.94. The molecule has 49 valence electrons. The van der Waals surface area contributed by atoms with E-state index in [2.05, 4.69) is 0 Å². The van der Waals surface area contributed by atoms with Gasteiger partial charge in [-0.1, -0.05) is 0 Å². The molecule has 0 aliphatic heterocycles. The van der Waals surface area contributed by atoms with Gasteiger partial charge in [0.25, 0.3) is 0 Å². The van der Waals surface area contributed by atoms with Crippen molar-refractivity contribution < 1.29 is 10.2 Å². The lowest BCUT2D eigenvalue weighted by Gasteiger charge is -2.02. The van der Waals surface area contributed by atoms with E-state index in [0.717, 1.165) is 11.8 Å². The first kappa shape index (κ1) is 7.03. The quantitative estimate of drug-likeness (QED) is 0.534. The Morgan fingerprint density at radius 3 is 1.67 bits per heavy atom. The van der Waals surface area contributed by atoms with Crippen LogP contribution in [0.25, 0.3) is 0 Å². The summed E-state index contributed by atoms with van der Waals surface area (Å²) < 4.78 is 0. The first-order valence-electron chi connectivity index (χ1n) is 2.83. The Hall–Kier alpha value is -0.0800. The summed E-state index contributed by atoms with van der Waals surface area (Å²) in [7, 11) is 0. The van der Waals surface area contributed by atoms with Crippen molar-refractivity contribution in [1.29, 1.82) is 0 Å². The van der Waals surface area contributed by atoms with Gasteiger partial charge in [-0.05, 0) is 19.3 Å². The van der Waals surface area contributed by atoms with Crippen LogP contribution in [0, 0.1) is 31.1 Å². The molecule has 0 saturated heterocycles. The lowest BCUT2D eigenvalue weighted by Crippen LogP contribution is -2.01. The molecule has 5 radical (unpaired) electrons. The van der Waals surface area contributed by atoms with Crippen LogP contribution in [0.2, 0.25) is 0 Å². The molecule has 0 unspecified atom stereocenters.